The van der Waals surface area contributed by atoms with Crippen molar-refractivity contribution in [3.63, 3.8) is 0 Å². The SMILES string of the molecule is CCOC(=O)N1CCC(n2c(=O)[nH]c3cccnc32)CC1.CCOC(=O)N1CCC(n2c(C)nc3cccnc32)CC1. The number of aryl methyl sites for hydroxylation is 1. The van der Waals surface area contributed by atoms with Crippen LogP contribution in [0.25, 0.3) is 22.3 Å². The quantitative estimate of drug-likeness (QED) is 0.382. The summed E-state index contributed by atoms with van der Waals surface area (Å²) in [6, 6.07) is 7.93. The molecule has 42 heavy (non-hydrogen) atoms. The molecule has 0 aliphatic carbocycles. The molecule has 0 radical (unpaired) electrons. The van der Waals surface area contributed by atoms with Crippen LogP contribution in [0.5, 0.6) is 0 Å². The number of aromatic nitrogens is 6. The Hall–Kier alpha value is -4.42. The zero-order valence-corrected chi connectivity index (χ0v) is 24.4. The van der Waals surface area contributed by atoms with Crippen LogP contribution in [0.3, 0.4) is 0 Å². The summed E-state index contributed by atoms with van der Waals surface area (Å²) in [5.41, 5.74) is 3.15. The first-order valence-electron chi connectivity index (χ1n) is 14.6. The molecule has 0 spiro atoms. The van der Waals surface area contributed by atoms with Crippen molar-refractivity contribution in [3.8, 4) is 0 Å². The molecule has 224 valence electrons. The highest BCUT2D eigenvalue weighted by Crippen LogP contribution is 2.28. The number of nitrogens with one attached hydrogen (secondary N) is 1. The summed E-state index contributed by atoms with van der Waals surface area (Å²) in [5, 5.41) is 0. The molecule has 1 N–H and O–H groups in total. The minimum absolute atomic E-state index is 0.0619. The zero-order chi connectivity index (χ0) is 29.6. The standard InChI is InChI=1S/C15H20N4O2.C14H18N4O3/c1-3-21-15(20)18-9-6-12(7-10-18)19-11(2)17-13-5-4-8-16-14(13)19;1-2-21-14(20)17-8-5-10(6-9-17)18-12-11(16-13(18)19)4-3-7-15-12/h4-5,8,12H,3,6-7,9-10H2,1-2H3;3-4,7,10H,2,5-6,8-9H2,1H3,(H,16,19). The van der Waals surface area contributed by atoms with Gasteiger partial charge in [0.05, 0.1) is 18.7 Å². The van der Waals surface area contributed by atoms with E-state index >= 15 is 0 Å². The number of amides is 2. The van der Waals surface area contributed by atoms with Gasteiger partial charge < -0.3 is 28.8 Å². The third kappa shape index (κ3) is 6.09. The van der Waals surface area contributed by atoms with Gasteiger partial charge in [0.2, 0.25) is 0 Å². The zero-order valence-electron chi connectivity index (χ0n) is 24.4. The van der Waals surface area contributed by atoms with Crippen molar-refractivity contribution >= 4 is 34.5 Å². The predicted octanol–water partition coefficient (Wildman–Crippen LogP) is 4.05. The number of likely N-dealkylation sites (tertiary alicyclic amines) is 2. The summed E-state index contributed by atoms with van der Waals surface area (Å²) in [5.74, 6) is 0.985. The van der Waals surface area contributed by atoms with Gasteiger partial charge in [0.15, 0.2) is 11.3 Å². The van der Waals surface area contributed by atoms with Crippen LogP contribution in [0.1, 0.15) is 57.4 Å². The van der Waals surface area contributed by atoms with Crippen LogP contribution in [0.4, 0.5) is 9.59 Å². The number of carbonyl (C=O) groups is 2. The van der Waals surface area contributed by atoms with Gasteiger partial charge in [0.25, 0.3) is 0 Å². The Kier molecular flexibility index (Phi) is 9.03. The number of hydrogen-bond acceptors (Lipinski definition) is 8. The summed E-state index contributed by atoms with van der Waals surface area (Å²) in [6.45, 7) is 9.06. The summed E-state index contributed by atoms with van der Waals surface area (Å²) in [6.07, 6.45) is 6.25. The largest absolute Gasteiger partial charge is 0.450 e. The fourth-order valence-electron chi connectivity index (χ4n) is 5.82. The summed E-state index contributed by atoms with van der Waals surface area (Å²) < 4.78 is 14.0. The fourth-order valence-corrected chi connectivity index (χ4v) is 5.82. The average Bonchev–Trinajstić information content (AvgIpc) is 3.53. The fraction of sp³-hybridized carbons (Fsp3) is 0.517. The molecule has 2 aliphatic rings. The van der Waals surface area contributed by atoms with Gasteiger partial charge in [-0.15, -0.1) is 0 Å². The van der Waals surface area contributed by atoms with E-state index in [9.17, 15) is 14.4 Å². The molecule has 2 aliphatic heterocycles. The first-order valence-corrected chi connectivity index (χ1v) is 14.6. The molecule has 0 bridgehead atoms. The van der Waals surface area contributed by atoms with Crippen LogP contribution in [0.2, 0.25) is 0 Å². The number of rotatable bonds is 4. The Balaban J connectivity index is 0.000000168. The maximum absolute atomic E-state index is 12.1. The van der Waals surface area contributed by atoms with Gasteiger partial charge in [-0.05, 0) is 70.7 Å². The van der Waals surface area contributed by atoms with Crippen molar-refractivity contribution in [1.82, 2.24) is 38.9 Å². The number of aromatic amines is 1. The Morgan fingerprint density at radius 1 is 0.833 bits per heavy atom. The van der Waals surface area contributed by atoms with Crippen molar-refractivity contribution in [3.05, 3.63) is 53.0 Å². The number of H-pyrrole nitrogens is 1. The third-order valence-electron chi connectivity index (χ3n) is 7.81. The molecular weight excluding hydrogens is 540 g/mol. The topological polar surface area (TPSA) is 140 Å². The summed E-state index contributed by atoms with van der Waals surface area (Å²) >= 11 is 0. The van der Waals surface area contributed by atoms with Gasteiger partial charge in [-0.25, -0.2) is 29.3 Å². The van der Waals surface area contributed by atoms with Crippen LogP contribution in [0, 0.1) is 6.92 Å². The lowest BCUT2D eigenvalue weighted by Gasteiger charge is -2.32. The van der Waals surface area contributed by atoms with E-state index < -0.39 is 0 Å². The highest BCUT2D eigenvalue weighted by Gasteiger charge is 2.28. The smallest absolute Gasteiger partial charge is 0.409 e. The van der Waals surface area contributed by atoms with Crippen LogP contribution in [-0.2, 0) is 9.47 Å². The van der Waals surface area contributed by atoms with Crippen molar-refractivity contribution in [1.29, 1.82) is 0 Å². The number of nitrogens with zero attached hydrogens (tertiary/aromatic N) is 7. The van der Waals surface area contributed by atoms with Crippen LogP contribution in [0.15, 0.2) is 41.5 Å². The number of imidazole rings is 2. The number of ether oxygens (including phenoxy) is 2. The third-order valence-corrected chi connectivity index (χ3v) is 7.81. The molecular formula is C29H38N8O5. The normalized spacial score (nSPS) is 16.4. The maximum Gasteiger partial charge on any atom is 0.409 e. The molecule has 13 nitrogen and oxygen atoms in total. The Morgan fingerprint density at radius 2 is 1.36 bits per heavy atom. The average molecular weight is 579 g/mol. The van der Waals surface area contributed by atoms with Gasteiger partial charge in [-0.3, -0.25) is 4.57 Å². The van der Waals surface area contributed by atoms with E-state index in [-0.39, 0.29) is 23.9 Å². The first-order chi connectivity index (χ1) is 20.4. The molecule has 13 heteroatoms. The Labute approximate surface area is 243 Å². The van der Waals surface area contributed by atoms with Crippen LogP contribution < -0.4 is 5.69 Å². The van der Waals surface area contributed by atoms with Crippen LogP contribution in [-0.4, -0.2) is 90.4 Å². The predicted molar refractivity (Wildman–Crippen MR) is 156 cm³/mol. The van der Waals surface area contributed by atoms with Gasteiger partial charge in [-0.2, -0.15) is 0 Å². The van der Waals surface area contributed by atoms with Crippen molar-refractivity contribution in [2.24, 2.45) is 0 Å². The van der Waals surface area contributed by atoms with E-state index in [1.165, 1.54) is 0 Å². The van der Waals surface area contributed by atoms with E-state index in [2.05, 4.69) is 24.5 Å². The molecule has 0 atom stereocenters. The van der Waals surface area contributed by atoms with Gasteiger partial charge in [-0.1, -0.05) is 0 Å². The van der Waals surface area contributed by atoms with Crippen LogP contribution >= 0.6 is 0 Å². The molecule has 0 unspecified atom stereocenters. The number of hydrogen-bond donors (Lipinski definition) is 1. The van der Waals surface area contributed by atoms with E-state index in [0.717, 1.165) is 61.3 Å². The molecule has 4 aromatic heterocycles. The van der Waals surface area contributed by atoms with Crippen molar-refractivity contribution in [2.45, 2.75) is 58.5 Å². The van der Waals surface area contributed by atoms with Gasteiger partial charge in [0.1, 0.15) is 11.3 Å². The minimum atomic E-state index is -0.277. The second-order valence-corrected chi connectivity index (χ2v) is 10.4. The molecule has 6 rings (SSSR count). The summed E-state index contributed by atoms with van der Waals surface area (Å²) in [4.78, 5) is 55.1. The molecule has 0 aromatic carbocycles. The van der Waals surface area contributed by atoms with E-state index in [1.807, 2.05) is 32.0 Å². The monoisotopic (exact) mass is 578 g/mol. The minimum Gasteiger partial charge on any atom is -0.450 e. The van der Waals surface area contributed by atoms with E-state index in [0.29, 0.717) is 38.0 Å². The molecule has 2 fully saturated rings. The second kappa shape index (κ2) is 13.0. The summed E-state index contributed by atoms with van der Waals surface area (Å²) in [7, 11) is 0. The van der Waals surface area contributed by atoms with Gasteiger partial charge in [0, 0.05) is 50.7 Å². The molecule has 6 heterocycles. The Morgan fingerprint density at radius 3 is 1.93 bits per heavy atom. The van der Waals surface area contributed by atoms with E-state index in [4.69, 9.17) is 9.47 Å². The lowest BCUT2D eigenvalue weighted by atomic mass is 10.1. The maximum atomic E-state index is 12.1. The number of carbonyl (C=O) groups excluding carboxylic acids is 2. The highest BCUT2D eigenvalue weighted by atomic mass is 16.6. The second-order valence-electron chi connectivity index (χ2n) is 10.4. The lowest BCUT2D eigenvalue weighted by molar-refractivity contribution is 0.0920. The Bertz CT molecular complexity index is 1580. The molecule has 2 saturated heterocycles. The van der Waals surface area contributed by atoms with Crippen molar-refractivity contribution < 1.29 is 19.1 Å². The number of piperidine rings is 2. The number of pyridine rings is 2. The molecule has 4 aromatic rings. The van der Waals surface area contributed by atoms with Crippen molar-refractivity contribution in [2.75, 3.05) is 39.4 Å². The molecule has 2 amide bonds. The number of fused-ring (bicyclic) bond motifs is 2. The highest BCUT2D eigenvalue weighted by molar-refractivity contribution is 5.72. The lowest BCUT2D eigenvalue weighted by Crippen LogP contribution is -2.40. The van der Waals surface area contributed by atoms with E-state index in [1.54, 1.807) is 39.8 Å². The molecule has 0 saturated carbocycles. The van der Waals surface area contributed by atoms with Gasteiger partial charge >= 0.3 is 17.9 Å². The first kappa shape index (κ1) is 29.1.